The standard InChI is InChI=1S/C30H28N8O/c1-3-4-11-29-33-27-17-26(24-8-7-16-36(39)19-24)21(2)32-30(27)37(29)18-22-12-14-23(15-13-22)25-9-5-6-10-28(25)38-20-31-34-35-38/h5-10,12-17,19-20H,3-4,11,18H2,1-2H3. The van der Waals surface area contributed by atoms with Crippen molar-refractivity contribution in [3.8, 4) is 27.9 Å². The van der Waals surface area contributed by atoms with E-state index in [1.54, 1.807) is 23.3 Å². The highest BCUT2D eigenvalue weighted by molar-refractivity contribution is 5.80. The van der Waals surface area contributed by atoms with E-state index in [4.69, 9.17) is 9.97 Å². The number of aromatic nitrogens is 8. The van der Waals surface area contributed by atoms with E-state index < -0.39 is 0 Å². The first-order chi connectivity index (χ1) is 19.1. The molecule has 0 unspecified atom stereocenters. The van der Waals surface area contributed by atoms with Crippen molar-refractivity contribution in [1.29, 1.82) is 0 Å². The van der Waals surface area contributed by atoms with E-state index in [-0.39, 0.29) is 0 Å². The number of unbranched alkanes of at least 4 members (excludes halogenated alkanes) is 1. The van der Waals surface area contributed by atoms with Gasteiger partial charge in [0.1, 0.15) is 17.7 Å². The Labute approximate surface area is 226 Å². The second-order valence-corrected chi connectivity index (χ2v) is 9.60. The van der Waals surface area contributed by atoms with Gasteiger partial charge in [0.25, 0.3) is 0 Å². The molecule has 0 saturated heterocycles. The molecular weight excluding hydrogens is 488 g/mol. The largest absolute Gasteiger partial charge is 0.619 e. The van der Waals surface area contributed by atoms with Gasteiger partial charge in [-0.15, -0.1) is 5.10 Å². The molecule has 0 N–H and O–H groups in total. The Balaban J connectivity index is 1.36. The Morgan fingerprint density at radius 2 is 1.77 bits per heavy atom. The number of para-hydroxylation sites is 1. The minimum absolute atomic E-state index is 0.669. The molecule has 4 aromatic heterocycles. The molecule has 39 heavy (non-hydrogen) atoms. The van der Waals surface area contributed by atoms with Crippen molar-refractivity contribution < 1.29 is 4.73 Å². The van der Waals surface area contributed by atoms with E-state index in [0.29, 0.717) is 6.54 Å². The summed E-state index contributed by atoms with van der Waals surface area (Å²) in [6, 6.07) is 22.4. The summed E-state index contributed by atoms with van der Waals surface area (Å²) in [6.07, 6.45) is 7.68. The van der Waals surface area contributed by atoms with E-state index in [1.165, 1.54) is 6.20 Å². The summed E-state index contributed by atoms with van der Waals surface area (Å²) in [5.41, 5.74) is 8.56. The van der Waals surface area contributed by atoms with Gasteiger partial charge in [-0.25, -0.2) is 9.97 Å². The van der Waals surface area contributed by atoms with Gasteiger partial charge in [-0.05, 0) is 53.1 Å². The molecule has 0 saturated carbocycles. The molecule has 0 amide bonds. The lowest BCUT2D eigenvalue weighted by Crippen LogP contribution is -2.24. The van der Waals surface area contributed by atoms with Crippen molar-refractivity contribution in [2.24, 2.45) is 0 Å². The first kappa shape index (κ1) is 24.4. The molecule has 0 fully saturated rings. The highest BCUT2D eigenvalue weighted by Gasteiger charge is 2.17. The van der Waals surface area contributed by atoms with E-state index in [2.05, 4.69) is 63.4 Å². The lowest BCUT2D eigenvalue weighted by molar-refractivity contribution is -0.604. The fourth-order valence-corrected chi connectivity index (χ4v) is 4.94. The van der Waals surface area contributed by atoms with Crippen LogP contribution < -0.4 is 4.73 Å². The van der Waals surface area contributed by atoms with Gasteiger partial charge in [0.05, 0.1) is 12.2 Å². The third kappa shape index (κ3) is 4.86. The molecule has 9 heteroatoms. The maximum absolute atomic E-state index is 11.9. The summed E-state index contributed by atoms with van der Waals surface area (Å²) in [7, 11) is 0. The van der Waals surface area contributed by atoms with Crippen molar-refractivity contribution in [2.45, 2.75) is 39.7 Å². The summed E-state index contributed by atoms with van der Waals surface area (Å²) in [6.45, 7) is 4.84. The van der Waals surface area contributed by atoms with Crippen molar-refractivity contribution in [3.05, 3.63) is 108 Å². The zero-order chi connectivity index (χ0) is 26.8. The SMILES string of the molecule is CCCCc1nc2cc(-c3ccc[n+]([O-])c3)c(C)nc2n1Cc1ccc(-c2ccccc2-n2cnnn2)cc1. The summed E-state index contributed by atoms with van der Waals surface area (Å²) in [5.74, 6) is 1.02. The quantitative estimate of drug-likeness (QED) is 0.207. The van der Waals surface area contributed by atoms with Crippen molar-refractivity contribution >= 4 is 11.2 Å². The van der Waals surface area contributed by atoms with Crippen LogP contribution in [-0.2, 0) is 13.0 Å². The second-order valence-electron chi connectivity index (χ2n) is 9.60. The summed E-state index contributed by atoms with van der Waals surface area (Å²) in [5, 5.41) is 23.5. The molecule has 0 spiro atoms. The molecule has 0 aliphatic carbocycles. The average Bonchev–Trinajstić information content (AvgIpc) is 3.61. The average molecular weight is 517 g/mol. The molecule has 194 valence electrons. The molecule has 0 radical (unpaired) electrons. The number of benzene rings is 2. The smallest absolute Gasteiger partial charge is 0.188 e. The van der Waals surface area contributed by atoms with Crippen LogP contribution in [0.15, 0.2) is 85.5 Å². The Bertz CT molecular complexity index is 1740. The highest BCUT2D eigenvalue weighted by Crippen LogP contribution is 2.29. The maximum atomic E-state index is 11.9. The molecule has 6 rings (SSSR count). The number of hydrogen-bond donors (Lipinski definition) is 0. The van der Waals surface area contributed by atoms with Crippen LogP contribution in [0.25, 0.3) is 39.1 Å². The topological polar surface area (TPSA) is 101 Å². The predicted molar refractivity (Wildman–Crippen MR) is 149 cm³/mol. The molecule has 2 aromatic carbocycles. The number of hydrogen-bond acceptors (Lipinski definition) is 6. The summed E-state index contributed by atoms with van der Waals surface area (Å²) < 4.78 is 4.72. The van der Waals surface area contributed by atoms with Crippen LogP contribution in [0.3, 0.4) is 0 Å². The number of tetrazole rings is 1. The number of imidazole rings is 1. The highest BCUT2D eigenvalue weighted by atomic mass is 16.5. The first-order valence-electron chi connectivity index (χ1n) is 13.1. The number of fused-ring (bicyclic) bond motifs is 1. The van der Waals surface area contributed by atoms with Crippen LogP contribution in [0.2, 0.25) is 0 Å². The number of aryl methyl sites for hydroxylation is 2. The number of nitrogens with zero attached hydrogens (tertiary/aromatic N) is 8. The molecule has 6 aromatic rings. The zero-order valence-corrected chi connectivity index (χ0v) is 21.9. The first-order valence-corrected chi connectivity index (χ1v) is 13.1. The predicted octanol–water partition coefficient (Wildman–Crippen LogP) is 5.07. The third-order valence-electron chi connectivity index (χ3n) is 6.94. The van der Waals surface area contributed by atoms with Crippen LogP contribution in [0.1, 0.15) is 36.8 Å². The normalized spacial score (nSPS) is 11.3. The molecule has 0 aliphatic rings. The van der Waals surface area contributed by atoms with Gasteiger partial charge in [-0.1, -0.05) is 55.8 Å². The summed E-state index contributed by atoms with van der Waals surface area (Å²) in [4.78, 5) is 9.97. The minimum atomic E-state index is 0.669. The van der Waals surface area contributed by atoms with Crippen LogP contribution >= 0.6 is 0 Å². The van der Waals surface area contributed by atoms with Gasteiger partial charge in [0.2, 0.25) is 0 Å². The molecular formula is C30H28N8O. The van der Waals surface area contributed by atoms with Crippen molar-refractivity contribution in [3.63, 3.8) is 0 Å². The van der Waals surface area contributed by atoms with Crippen molar-refractivity contribution in [1.82, 2.24) is 34.7 Å². The van der Waals surface area contributed by atoms with Gasteiger partial charge in [-0.3, -0.25) is 0 Å². The van der Waals surface area contributed by atoms with Crippen LogP contribution in [0.5, 0.6) is 0 Å². The van der Waals surface area contributed by atoms with E-state index in [1.807, 2.05) is 31.2 Å². The Morgan fingerprint density at radius 3 is 2.54 bits per heavy atom. The van der Waals surface area contributed by atoms with Crippen LogP contribution in [-0.4, -0.2) is 34.7 Å². The third-order valence-corrected chi connectivity index (χ3v) is 6.94. The lowest BCUT2D eigenvalue weighted by Gasteiger charge is -2.12. The monoisotopic (exact) mass is 516 g/mol. The Hall–Kier alpha value is -4.92. The molecule has 4 heterocycles. The zero-order valence-electron chi connectivity index (χ0n) is 21.9. The minimum Gasteiger partial charge on any atom is -0.619 e. The van der Waals surface area contributed by atoms with Gasteiger partial charge in [0.15, 0.2) is 18.0 Å². The Morgan fingerprint density at radius 1 is 0.923 bits per heavy atom. The lowest BCUT2D eigenvalue weighted by atomic mass is 10.0. The van der Waals surface area contributed by atoms with Crippen LogP contribution in [0, 0.1) is 12.1 Å². The van der Waals surface area contributed by atoms with Gasteiger partial charge < -0.3 is 9.77 Å². The van der Waals surface area contributed by atoms with E-state index in [9.17, 15) is 5.21 Å². The van der Waals surface area contributed by atoms with Gasteiger partial charge >= 0.3 is 0 Å². The Kier molecular flexibility index (Phi) is 6.54. The van der Waals surface area contributed by atoms with Crippen molar-refractivity contribution in [2.75, 3.05) is 0 Å². The van der Waals surface area contributed by atoms with E-state index in [0.717, 1.165) is 80.2 Å². The second kappa shape index (κ2) is 10.4. The maximum Gasteiger partial charge on any atom is 0.188 e. The van der Waals surface area contributed by atoms with Gasteiger partial charge in [0, 0.05) is 34.9 Å². The molecule has 0 bridgehead atoms. The molecule has 9 nitrogen and oxygen atoms in total. The summed E-state index contributed by atoms with van der Waals surface area (Å²) >= 11 is 0. The number of pyridine rings is 2. The van der Waals surface area contributed by atoms with E-state index >= 15 is 0 Å². The molecule has 0 atom stereocenters. The fraction of sp³-hybridized carbons (Fsp3) is 0.200. The van der Waals surface area contributed by atoms with Crippen LogP contribution in [0.4, 0.5) is 0 Å². The van der Waals surface area contributed by atoms with Gasteiger partial charge in [-0.2, -0.15) is 9.41 Å². The molecule has 0 aliphatic heterocycles. The fourth-order valence-electron chi connectivity index (χ4n) is 4.94. The number of rotatable bonds is 8.